The highest BCUT2D eigenvalue weighted by molar-refractivity contribution is 7.22. The van der Waals surface area contributed by atoms with Crippen molar-refractivity contribution in [3.63, 3.8) is 0 Å². The van der Waals surface area contributed by atoms with Crippen molar-refractivity contribution in [3.8, 4) is 17.2 Å². The van der Waals surface area contributed by atoms with E-state index in [0.29, 0.717) is 35.4 Å². The second-order valence-electron chi connectivity index (χ2n) is 5.17. The summed E-state index contributed by atoms with van der Waals surface area (Å²) in [5.74, 6) is 1.77. The van der Waals surface area contributed by atoms with Crippen molar-refractivity contribution in [2.24, 2.45) is 0 Å². The first-order chi connectivity index (χ1) is 11.7. The van der Waals surface area contributed by atoms with Crippen LogP contribution in [0.4, 0.5) is 5.13 Å². The topological polar surface area (TPSA) is 69.7 Å². The number of aromatic nitrogens is 1. The van der Waals surface area contributed by atoms with Crippen LogP contribution in [0.15, 0.2) is 36.4 Å². The Morgan fingerprint density at radius 3 is 2.83 bits per heavy atom. The van der Waals surface area contributed by atoms with Crippen LogP contribution in [0.25, 0.3) is 10.2 Å². The van der Waals surface area contributed by atoms with Gasteiger partial charge in [0.1, 0.15) is 19.0 Å². The van der Waals surface area contributed by atoms with Crippen molar-refractivity contribution in [2.75, 3.05) is 25.6 Å². The SMILES string of the molecule is COc1ccc2nc(NC(=O)c3ccc4c(c3)OCCO4)sc2c1. The molecule has 7 heteroatoms. The van der Waals surface area contributed by atoms with Crippen LogP contribution in [0.3, 0.4) is 0 Å². The fourth-order valence-corrected chi connectivity index (χ4v) is 3.33. The Hall–Kier alpha value is -2.80. The summed E-state index contributed by atoms with van der Waals surface area (Å²) in [5, 5.41) is 3.36. The monoisotopic (exact) mass is 342 g/mol. The van der Waals surface area contributed by atoms with Gasteiger partial charge >= 0.3 is 0 Å². The van der Waals surface area contributed by atoms with Crippen LogP contribution in [0.2, 0.25) is 0 Å². The van der Waals surface area contributed by atoms with Crippen LogP contribution >= 0.6 is 11.3 Å². The zero-order chi connectivity index (χ0) is 16.5. The van der Waals surface area contributed by atoms with Gasteiger partial charge in [-0.15, -0.1) is 0 Å². The van der Waals surface area contributed by atoms with E-state index in [1.54, 1.807) is 25.3 Å². The number of methoxy groups -OCH3 is 1. The fourth-order valence-electron chi connectivity index (χ4n) is 2.44. The number of hydrogen-bond acceptors (Lipinski definition) is 6. The maximum Gasteiger partial charge on any atom is 0.257 e. The Labute approximate surface area is 142 Å². The van der Waals surface area contributed by atoms with Crippen LogP contribution in [-0.4, -0.2) is 31.2 Å². The summed E-state index contributed by atoms with van der Waals surface area (Å²) in [6.07, 6.45) is 0. The Kier molecular flexibility index (Phi) is 3.70. The highest BCUT2D eigenvalue weighted by Crippen LogP contribution is 2.32. The molecule has 2 aromatic carbocycles. The highest BCUT2D eigenvalue weighted by Gasteiger charge is 2.16. The average Bonchev–Trinajstić information content (AvgIpc) is 3.02. The molecule has 0 spiro atoms. The van der Waals surface area contributed by atoms with E-state index in [4.69, 9.17) is 14.2 Å². The van der Waals surface area contributed by atoms with E-state index < -0.39 is 0 Å². The third kappa shape index (κ3) is 2.74. The normalized spacial score (nSPS) is 12.9. The van der Waals surface area contributed by atoms with Gasteiger partial charge in [0, 0.05) is 5.56 Å². The number of anilines is 1. The van der Waals surface area contributed by atoms with Gasteiger partial charge in [0.25, 0.3) is 5.91 Å². The maximum absolute atomic E-state index is 12.4. The van der Waals surface area contributed by atoms with E-state index in [2.05, 4.69) is 10.3 Å². The number of benzene rings is 2. The molecule has 0 unspecified atom stereocenters. The van der Waals surface area contributed by atoms with Crippen molar-refractivity contribution >= 4 is 32.6 Å². The number of thiazole rings is 1. The number of carbonyl (C=O) groups excluding carboxylic acids is 1. The fraction of sp³-hybridized carbons (Fsp3) is 0.176. The Morgan fingerprint density at radius 1 is 1.17 bits per heavy atom. The molecule has 1 aromatic heterocycles. The second-order valence-corrected chi connectivity index (χ2v) is 6.20. The van der Waals surface area contributed by atoms with Gasteiger partial charge in [0.2, 0.25) is 0 Å². The van der Waals surface area contributed by atoms with Crippen LogP contribution < -0.4 is 19.5 Å². The Bertz CT molecular complexity index is 922. The van der Waals surface area contributed by atoms with Crippen LogP contribution in [-0.2, 0) is 0 Å². The molecule has 1 N–H and O–H groups in total. The third-order valence-corrected chi connectivity index (χ3v) is 4.55. The number of fused-ring (bicyclic) bond motifs is 2. The molecule has 1 aliphatic heterocycles. The lowest BCUT2D eigenvalue weighted by Gasteiger charge is -2.18. The highest BCUT2D eigenvalue weighted by atomic mass is 32.1. The zero-order valence-corrected chi connectivity index (χ0v) is 13.7. The standard InChI is InChI=1S/C17H14N2O4S/c1-21-11-3-4-12-15(9-11)24-17(18-12)19-16(20)10-2-5-13-14(8-10)23-7-6-22-13/h2-5,8-9H,6-7H2,1H3,(H,18,19,20). The van der Waals surface area contributed by atoms with Crippen molar-refractivity contribution in [1.82, 2.24) is 4.98 Å². The van der Waals surface area contributed by atoms with Crippen LogP contribution in [0.5, 0.6) is 17.2 Å². The molecular weight excluding hydrogens is 328 g/mol. The molecule has 3 aromatic rings. The molecule has 122 valence electrons. The molecule has 24 heavy (non-hydrogen) atoms. The molecule has 0 saturated heterocycles. The summed E-state index contributed by atoms with van der Waals surface area (Å²) in [5.41, 5.74) is 1.31. The first-order valence-corrected chi connectivity index (χ1v) is 8.20. The van der Waals surface area contributed by atoms with E-state index in [9.17, 15) is 4.79 Å². The number of ether oxygens (including phenoxy) is 3. The summed E-state index contributed by atoms with van der Waals surface area (Å²) in [7, 11) is 1.62. The number of rotatable bonds is 3. The van der Waals surface area contributed by atoms with Crippen molar-refractivity contribution in [3.05, 3.63) is 42.0 Å². The van der Waals surface area contributed by atoms with Crippen LogP contribution in [0.1, 0.15) is 10.4 Å². The lowest BCUT2D eigenvalue weighted by atomic mass is 10.2. The smallest absolute Gasteiger partial charge is 0.257 e. The molecule has 2 heterocycles. The molecule has 1 amide bonds. The third-order valence-electron chi connectivity index (χ3n) is 3.62. The molecule has 0 atom stereocenters. The lowest BCUT2D eigenvalue weighted by Crippen LogP contribution is -2.17. The molecule has 4 rings (SSSR count). The quantitative estimate of drug-likeness (QED) is 0.791. The van der Waals surface area contributed by atoms with Gasteiger partial charge in [0.05, 0.1) is 17.3 Å². The second kappa shape index (κ2) is 6.01. The summed E-state index contributed by atoms with van der Waals surface area (Å²) >= 11 is 1.40. The minimum absolute atomic E-state index is 0.238. The van der Waals surface area contributed by atoms with E-state index in [1.807, 2.05) is 18.2 Å². The minimum Gasteiger partial charge on any atom is -0.497 e. The van der Waals surface area contributed by atoms with Crippen molar-refractivity contribution < 1.29 is 19.0 Å². The van der Waals surface area contributed by atoms with E-state index in [0.717, 1.165) is 16.0 Å². The molecule has 0 aliphatic carbocycles. The first kappa shape index (κ1) is 14.8. The minimum atomic E-state index is -0.238. The molecule has 6 nitrogen and oxygen atoms in total. The van der Waals surface area contributed by atoms with Gasteiger partial charge in [-0.05, 0) is 36.4 Å². The van der Waals surface area contributed by atoms with E-state index in [1.165, 1.54) is 11.3 Å². The summed E-state index contributed by atoms with van der Waals surface area (Å²) in [6.45, 7) is 1.01. The van der Waals surface area contributed by atoms with Gasteiger partial charge in [0.15, 0.2) is 16.6 Å². The summed E-state index contributed by atoms with van der Waals surface area (Å²) < 4.78 is 17.1. The lowest BCUT2D eigenvalue weighted by molar-refractivity contribution is 0.102. The number of hydrogen-bond donors (Lipinski definition) is 1. The van der Waals surface area contributed by atoms with Crippen molar-refractivity contribution in [2.45, 2.75) is 0 Å². The molecular formula is C17H14N2O4S. The molecule has 0 bridgehead atoms. The molecule has 1 aliphatic rings. The Morgan fingerprint density at radius 2 is 2.00 bits per heavy atom. The number of nitrogens with one attached hydrogen (secondary N) is 1. The average molecular weight is 342 g/mol. The number of amides is 1. The van der Waals surface area contributed by atoms with E-state index >= 15 is 0 Å². The largest absolute Gasteiger partial charge is 0.497 e. The summed E-state index contributed by atoms with van der Waals surface area (Å²) in [6, 6.07) is 10.7. The molecule has 0 radical (unpaired) electrons. The first-order valence-electron chi connectivity index (χ1n) is 7.38. The van der Waals surface area contributed by atoms with Crippen molar-refractivity contribution in [1.29, 1.82) is 0 Å². The number of nitrogens with zero attached hydrogens (tertiary/aromatic N) is 1. The maximum atomic E-state index is 12.4. The zero-order valence-electron chi connectivity index (χ0n) is 12.9. The predicted molar refractivity (Wildman–Crippen MR) is 91.6 cm³/mol. The number of carbonyl (C=O) groups is 1. The van der Waals surface area contributed by atoms with E-state index in [-0.39, 0.29) is 5.91 Å². The van der Waals surface area contributed by atoms with Gasteiger partial charge in [-0.25, -0.2) is 4.98 Å². The molecule has 0 fully saturated rings. The van der Waals surface area contributed by atoms with Gasteiger partial charge in [-0.2, -0.15) is 0 Å². The van der Waals surface area contributed by atoms with Gasteiger partial charge in [-0.1, -0.05) is 11.3 Å². The van der Waals surface area contributed by atoms with Gasteiger partial charge < -0.3 is 14.2 Å². The Balaban J connectivity index is 1.57. The van der Waals surface area contributed by atoms with Crippen LogP contribution in [0, 0.1) is 0 Å². The molecule has 0 saturated carbocycles. The predicted octanol–water partition coefficient (Wildman–Crippen LogP) is 3.33. The van der Waals surface area contributed by atoms with Gasteiger partial charge in [-0.3, -0.25) is 10.1 Å². The summed E-state index contributed by atoms with van der Waals surface area (Å²) in [4.78, 5) is 16.9.